The fourth-order valence-corrected chi connectivity index (χ4v) is 2.95. The first-order valence-electron chi connectivity index (χ1n) is 6.74. The highest BCUT2D eigenvalue weighted by molar-refractivity contribution is 7.98. The number of aryl methyl sites for hydroxylation is 1. The number of rotatable bonds is 3. The number of ketones is 1. The van der Waals surface area contributed by atoms with Gasteiger partial charge in [0, 0.05) is 27.1 Å². The maximum Gasteiger partial charge on any atom is 0.194 e. The van der Waals surface area contributed by atoms with Crippen LogP contribution in [-0.4, -0.2) is 17.0 Å². The minimum absolute atomic E-state index is 0.0578. The van der Waals surface area contributed by atoms with Crippen molar-refractivity contribution in [1.82, 2.24) is 4.98 Å². The molecule has 0 radical (unpaired) electrons. The molecule has 0 fully saturated rings. The summed E-state index contributed by atoms with van der Waals surface area (Å²) in [5.74, 6) is 0.0578. The first kappa shape index (κ1) is 13.8. The van der Waals surface area contributed by atoms with E-state index >= 15 is 0 Å². The van der Waals surface area contributed by atoms with Crippen LogP contribution in [0.25, 0.3) is 10.9 Å². The highest BCUT2D eigenvalue weighted by atomic mass is 32.2. The molecule has 0 N–H and O–H groups in total. The number of carbonyl (C=O) groups excluding carboxylic acids is 1. The second-order valence-electron chi connectivity index (χ2n) is 4.89. The summed E-state index contributed by atoms with van der Waals surface area (Å²) in [5.41, 5.74) is 3.36. The van der Waals surface area contributed by atoms with E-state index in [9.17, 15) is 4.79 Å². The maximum absolute atomic E-state index is 12.7. The van der Waals surface area contributed by atoms with Gasteiger partial charge in [-0.1, -0.05) is 18.2 Å². The van der Waals surface area contributed by atoms with Gasteiger partial charge in [-0.15, -0.1) is 11.8 Å². The quantitative estimate of drug-likeness (QED) is 0.526. The number of hydrogen-bond donors (Lipinski definition) is 0. The zero-order valence-corrected chi connectivity index (χ0v) is 12.8. The van der Waals surface area contributed by atoms with Crippen LogP contribution in [0, 0.1) is 6.92 Å². The van der Waals surface area contributed by atoms with Crippen molar-refractivity contribution < 1.29 is 4.79 Å². The van der Waals surface area contributed by atoms with E-state index in [1.165, 1.54) is 0 Å². The fraction of sp³-hybridized carbons (Fsp3) is 0.111. The normalized spacial score (nSPS) is 10.8. The van der Waals surface area contributed by atoms with Gasteiger partial charge < -0.3 is 0 Å². The number of carbonyl (C=O) groups is 1. The molecule has 1 aromatic heterocycles. The Hall–Kier alpha value is -2.13. The number of thioether (sulfide) groups is 1. The number of aromatic nitrogens is 1. The lowest BCUT2D eigenvalue weighted by atomic mass is 10.0. The summed E-state index contributed by atoms with van der Waals surface area (Å²) in [6, 6.07) is 17.4. The molecule has 0 amide bonds. The Morgan fingerprint density at radius 3 is 2.67 bits per heavy atom. The Bertz CT molecular complexity index is 826. The summed E-state index contributed by atoms with van der Waals surface area (Å²) in [4.78, 5) is 18.2. The summed E-state index contributed by atoms with van der Waals surface area (Å²) in [6.45, 7) is 1.97. The summed E-state index contributed by atoms with van der Waals surface area (Å²) in [5, 5.41) is 0.994. The van der Waals surface area contributed by atoms with Crippen molar-refractivity contribution in [3.63, 3.8) is 0 Å². The Labute approximate surface area is 128 Å². The van der Waals surface area contributed by atoms with Gasteiger partial charge in [0.25, 0.3) is 0 Å². The Morgan fingerprint density at radius 2 is 1.86 bits per heavy atom. The van der Waals surface area contributed by atoms with Crippen LogP contribution in [0.15, 0.2) is 59.5 Å². The topological polar surface area (TPSA) is 30.0 Å². The molecule has 0 aliphatic carbocycles. The number of fused-ring (bicyclic) bond motifs is 1. The van der Waals surface area contributed by atoms with Crippen LogP contribution >= 0.6 is 11.8 Å². The number of nitrogens with zero attached hydrogens (tertiary/aromatic N) is 1. The predicted octanol–water partition coefficient (Wildman–Crippen LogP) is 4.50. The fourth-order valence-electron chi connectivity index (χ4n) is 2.36. The van der Waals surface area contributed by atoms with Gasteiger partial charge in [-0.2, -0.15) is 0 Å². The van der Waals surface area contributed by atoms with E-state index < -0.39 is 0 Å². The molecule has 0 spiro atoms. The van der Waals surface area contributed by atoms with Gasteiger partial charge in [-0.25, -0.2) is 0 Å². The van der Waals surface area contributed by atoms with Crippen molar-refractivity contribution in [1.29, 1.82) is 0 Å². The number of benzene rings is 2. The molecule has 0 aliphatic rings. The molecule has 0 saturated heterocycles. The van der Waals surface area contributed by atoms with Crippen LogP contribution in [0.1, 0.15) is 21.6 Å². The van der Waals surface area contributed by atoms with Crippen molar-refractivity contribution in [2.45, 2.75) is 11.8 Å². The molecule has 3 rings (SSSR count). The summed E-state index contributed by atoms with van der Waals surface area (Å²) >= 11 is 1.59. The van der Waals surface area contributed by atoms with Crippen LogP contribution in [0.5, 0.6) is 0 Å². The molecule has 0 aliphatic heterocycles. The van der Waals surface area contributed by atoms with Gasteiger partial charge in [0.15, 0.2) is 5.78 Å². The second kappa shape index (κ2) is 5.70. The molecule has 0 bridgehead atoms. The molecule has 3 heteroatoms. The van der Waals surface area contributed by atoms with E-state index in [4.69, 9.17) is 0 Å². The van der Waals surface area contributed by atoms with Crippen LogP contribution in [0.2, 0.25) is 0 Å². The standard InChI is InChI=1S/C18H15NOS/c1-12-7-8-13-11-14(9-10-16(13)19-12)18(20)15-5-3-4-6-17(15)21-2/h3-11H,1-2H3. The Balaban J connectivity index is 2.07. The van der Waals surface area contributed by atoms with E-state index in [1.54, 1.807) is 11.8 Å². The van der Waals surface area contributed by atoms with E-state index in [2.05, 4.69) is 4.98 Å². The summed E-state index contributed by atoms with van der Waals surface area (Å²) < 4.78 is 0. The van der Waals surface area contributed by atoms with Gasteiger partial charge in [0.1, 0.15) is 0 Å². The molecule has 2 nitrogen and oxygen atoms in total. The molecule has 0 unspecified atom stereocenters. The average Bonchev–Trinajstić information content (AvgIpc) is 2.53. The third-order valence-electron chi connectivity index (χ3n) is 3.44. The second-order valence-corrected chi connectivity index (χ2v) is 5.74. The smallest absolute Gasteiger partial charge is 0.194 e. The minimum atomic E-state index is 0.0578. The Morgan fingerprint density at radius 1 is 1.05 bits per heavy atom. The molecule has 21 heavy (non-hydrogen) atoms. The average molecular weight is 293 g/mol. The van der Waals surface area contributed by atoms with Crippen LogP contribution in [-0.2, 0) is 0 Å². The van der Waals surface area contributed by atoms with Crippen LogP contribution in [0.3, 0.4) is 0 Å². The minimum Gasteiger partial charge on any atom is -0.289 e. The highest BCUT2D eigenvalue weighted by Gasteiger charge is 2.13. The molecule has 3 aromatic rings. The molecule has 104 valence electrons. The highest BCUT2D eigenvalue weighted by Crippen LogP contribution is 2.24. The van der Waals surface area contributed by atoms with E-state index in [-0.39, 0.29) is 5.78 Å². The van der Waals surface area contributed by atoms with Gasteiger partial charge in [-0.05, 0) is 49.6 Å². The van der Waals surface area contributed by atoms with E-state index in [1.807, 2.05) is 67.8 Å². The van der Waals surface area contributed by atoms with Crippen molar-refractivity contribution >= 4 is 28.4 Å². The molecular formula is C18H15NOS. The van der Waals surface area contributed by atoms with Gasteiger partial charge in [0.2, 0.25) is 0 Å². The van der Waals surface area contributed by atoms with Crippen molar-refractivity contribution in [2.75, 3.05) is 6.26 Å². The molecule has 1 heterocycles. The molecule has 2 aromatic carbocycles. The maximum atomic E-state index is 12.7. The summed E-state index contributed by atoms with van der Waals surface area (Å²) in [7, 11) is 0. The van der Waals surface area contributed by atoms with Crippen molar-refractivity contribution in [3.8, 4) is 0 Å². The number of pyridine rings is 1. The van der Waals surface area contributed by atoms with Crippen LogP contribution in [0.4, 0.5) is 0 Å². The van der Waals surface area contributed by atoms with Crippen molar-refractivity contribution in [3.05, 3.63) is 71.4 Å². The number of hydrogen-bond acceptors (Lipinski definition) is 3. The zero-order chi connectivity index (χ0) is 14.8. The molecular weight excluding hydrogens is 278 g/mol. The molecule has 0 atom stereocenters. The van der Waals surface area contributed by atoms with Gasteiger partial charge >= 0.3 is 0 Å². The molecule has 0 saturated carbocycles. The largest absolute Gasteiger partial charge is 0.289 e. The third kappa shape index (κ3) is 2.69. The first-order valence-corrected chi connectivity index (χ1v) is 7.96. The SMILES string of the molecule is CSc1ccccc1C(=O)c1ccc2nc(C)ccc2c1. The first-order chi connectivity index (χ1) is 10.2. The monoisotopic (exact) mass is 293 g/mol. The zero-order valence-electron chi connectivity index (χ0n) is 12.0. The van der Waals surface area contributed by atoms with Gasteiger partial charge in [0.05, 0.1) is 5.52 Å². The Kier molecular flexibility index (Phi) is 3.76. The van der Waals surface area contributed by atoms with Crippen molar-refractivity contribution in [2.24, 2.45) is 0 Å². The lowest BCUT2D eigenvalue weighted by molar-refractivity contribution is 0.103. The third-order valence-corrected chi connectivity index (χ3v) is 4.24. The lowest BCUT2D eigenvalue weighted by Crippen LogP contribution is -2.03. The summed E-state index contributed by atoms with van der Waals surface area (Å²) in [6.07, 6.45) is 1.99. The van der Waals surface area contributed by atoms with E-state index in [0.29, 0.717) is 5.56 Å². The van der Waals surface area contributed by atoms with Crippen LogP contribution < -0.4 is 0 Å². The van der Waals surface area contributed by atoms with E-state index in [0.717, 1.165) is 27.1 Å². The lowest BCUT2D eigenvalue weighted by Gasteiger charge is -2.07. The van der Waals surface area contributed by atoms with Gasteiger partial charge in [-0.3, -0.25) is 9.78 Å². The predicted molar refractivity (Wildman–Crippen MR) is 88.1 cm³/mol.